The zero-order chi connectivity index (χ0) is 41.7. The van der Waals surface area contributed by atoms with Crippen LogP contribution in [0.2, 0.25) is 0 Å². The Kier molecular flexibility index (Phi) is 11.7. The molecule has 0 bridgehead atoms. The number of carbonyl (C=O) groups excluding carboxylic acids is 3. The van der Waals surface area contributed by atoms with Crippen LogP contribution in [0, 0.1) is 0 Å². The third kappa shape index (κ3) is 8.71. The number of nitrogens with zero attached hydrogens (tertiary/aromatic N) is 1. The highest BCUT2D eigenvalue weighted by Gasteiger charge is 2.32. The maximum Gasteiger partial charge on any atom is 0.336 e. The number of nitrogens with one attached hydrogen (secondary N) is 2. The Bertz CT molecular complexity index is 2620. The van der Waals surface area contributed by atoms with Gasteiger partial charge in [0.25, 0.3) is 5.91 Å². The Hall–Kier alpha value is -7.74. The van der Waals surface area contributed by atoms with Crippen LogP contribution in [0.15, 0.2) is 124 Å². The number of carboxylic acid groups (broad SMARTS) is 2. The van der Waals surface area contributed by atoms with Crippen molar-refractivity contribution in [3.63, 3.8) is 0 Å². The van der Waals surface area contributed by atoms with Gasteiger partial charge in [0.1, 0.15) is 29.5 Å². The van der Waals surface area contributed by atoms with E-state index in [2.05, 4.69) is 17.2 Å². The first-order chi connectivity index (χ1) is 27.7. The first-order valence-electron chi connectivity index (χ1n) is 17.8. The minimum absolute atomic E-state index is 0.0493. The van der Waals surface area contributed by atoms with E-state index in [1.807, 2.05) is 25.1 Å². The van der Waals surface area contributed by atoms with Gasteiger partial charge in [-0.25, -0.2) is 14.4 Å². The van der Waals surface area contributed by atoms with Gasteiger partial charge in [-0.2, -0.15) is 0 Å². The number of hydrogen-bond donors (Lipinski definition) is 5. The summed E-state index contributed by atoms with van der Waals surface area (Å²) in [5.74, 6) is -3.51. The highest BCUT2D eigenvalue weighted by atomic mass is 16.5. The van der Waals surface area contributed by atoms with Gasteiger partial charge < -0.3 is 40.0 Å². The number of carbonyl (C=O) groups is 5. The molecule has 0 aliphatic carbocycles. The van der Waals surface area contributed by atoms with Crippen molar-refractivity contribution in [2.75, 3.05) is 25.5 Å². The lowest BCUT2D eigenvalue weighted by Crippen LogP contribution is -2.34. The molecule has 0 spiro atoms. The van der Waals surface area contributed by atoms with Crippen LogP contribution in [0.1, 0.15) is 53.3 Å². The van der Waals surface area contributed by atoms with Crippen molar-refractivity contribution in [3.8, 4) is 11.5 Å². The summed E-state index contributed by atoms with van der Waals surface area (Å²) in [6, 6.07) is 21.1. The van der Waals surface area contributed by atoms with Gasteiger partial charge in [-0.3, -0.25) is 14.4 Å². The normalized spacial score (nSPS) is 13.4. The molecule has 0 saturated heterocycles. The summed E-state index contributed by atoms with van der Waals surface area (Å²) < 4.78 is 11.6. The molecule has 6 rings (SSSR count). The number of amides is 2. The molecule has 4 aromatic carbocycles. The van der Waals surface area contributed by atoms with Gasteiger partial charge in [-0.05, 0) is 76.9 Å². The fourth-order valence-corrected chi connectivity index (χ4v) is 6.52. The van der Waals surface area contributed by atoms with Crippen LogP contribution in [0.25, 0.3) is 16.5 Å². The number of benzene rings is 4. The summed E-state index contributed by atoms with van der Waals surface area (Å²) in [5.41, 5.74) is 2.98. The van der Waals surface area contributed by atoms with Crippen molar-refractivity contribution in [3.05, 3.63) is 164 Å². The Morgan fingerprint density at radius 3 is 2.28 bits per heavy atom. The number of allylic oxidation sites excluding steroid dienone is 1. The van der Waals surface area contributed by atoms with Gasteiger partial charge in [0.2, 0.25) is 5.91 Å². The second-order valence-electron chi connectivity index (χ2n) is 13.5. The maximum absolute atomic E-state index is 13.3. The summed E-state index contributed by atoms with van der Waals surface area (Å²) in [5, 5.41) is 36.2. The fourth-order valence-electron chi connectivity index (χ4n) is 6.52. The number of rotatable bonds is 14. The molecule has 1 aromatic heterocycles. The van der Waals surface area contributed by atoms with Crippen LogP contribution in [-0.2, 0) is 22.6 Å². The largest absolute Gasteiger partial charge is 0.508 e. The first-order valence-corrected chi connectivity index (χ1v) is 17.8. The topological polar surface area (TPSA) is 213 Å². The lowest BCUT2D eigenvalue weighted by molar-refractivity contribution is -0.120. The summed E-state index contributed by atoms with van der Waals surface area (Å²) in [6.45, 7) is 4.15. The summed E-state index contributed by atoms with van der Waals surface area (Å²) in [4.78, 5) is 75.9. The molecule has 2 heterocycles. The number of phenols is 1. The van der Waals surface area contributed by atoms with E-state index in [-0.39, 0.29) is 59.2 Å². The second kappa shape index (κ2) is 17.0. The number of aromatic carboxylic acids is 2. The molecule has 14 nitrogen and oxygen atoms in total. The molecule has 1 unspecified atom stereocenters. The number of phenolic OH excluding ortho intramolecular Hbond substituents is 1. The molecule has 5 aromatic rings. The van der Waals surface area contributed by atoms with Crippen LogP contribution in [0.5, 0.6) is 11.5 Å². The van der Waals surface area contributed by atoms with Crippen molar-refractivity contribution in [1.82, 2.24) is 10.6 Å². The number of anilines is 1. The van der Waals surface area contributed by atoms with Gasteiger partial charge in [0.15, 0.2) is 0 Å². The molecular weight excluding hydrogens is 746 g/mol. The highest BCUT2D eigenvalue weighted by molar-refractivity contribution is 6.02. The average Bonchev–Trinajstić information content (AvgIpc) is 3.20. The van der Waals surface area contributed by atoms with Crippen molar-refractivity contribution < 1.29 is 48.4 Å². The smallest absolute Gasteiger partial charge is 0.336 e. The molecule has 1 aliphatic heterocycles. The number of aromatic hydroxyl groups is 1. The molecular formula is C44H37N3O11. The van der Waals surface area contributed by atoms with Crippen LogP contribution < -0.4 is 25.9 Å². The molecule has 1 aliphatic rings. The monoisotopic (exact) mass is 783 g/mol. The van der Waals surface area contributed by atoms with Crippen molar-refractivity contribution in [2.24, 2.45) is 0 Å². The minimum atomic E-state index is -1.40. The molecule has 0 radical (unpaired) electrons. The first kappa shape index (κ1) is 39.9. The summed E-state index contributed by atoms with van der Waals surface area (Å²) in [7, 11) is 3.73. The quantitative estimate of drug-likeness (QED) is 0.0430. The molecule has 5 N–H and O–H groups in total. The third-order valence-corrected chi connectivity index (χ3v) is 9.40. The predicted molar refractivity (Wildman–Crippen MR) is 214 cm³/mol. The van der Waals surface area contributed by atoms with E-state index in [0.717, 1.165) is 11.8 Å². The lowest BCUT2D eigenvalue weighted by Gasteiger charge is -2.32. The van der Waals surface area contributed by atoms with E-state index < -0.39 is 29.6 Å². The van der Waals surface area contributed by atoms with Crippen LogP contribution in [-0.4, -0.2) is 72.1 Å². The van der Waals surface area contributed by atoms with E-state index in [1.54, 1.807) is 36.4 Å². The Morgan fingerprint density at radius 2 is 1.59 bits per heavy atom. The molecule has 14 heteroatoms. The summed E-state index contributed by atoms with van der Waals surface area (Å²) >= 11 is 0. The number of ether oxygens (including phenoxy) is 1. The number of fused-ring (bicyclic) bond motifs is 2. The van der Waals surface area contributed by atoms with Gasteiger partial charge in [0.05, 0.1) is 17.5 Å². The van der Waals surface area contributed by atoms with Crippen LogP contribution >= 0.6 is 0 Å². The van der Waals surface area contributed by atoms with E-state index in [0.29, 0.717) is 50.7 Å². The van der Waals surface area contributed by atoms with E-state index in [9.17, 15) is 44.1 Å². The van der Waals surface area contributed by atoms with Gasteiger partial charge in [-0.15, -0.1) is 0 Å². The molecule has 0 saturated carbocycles. The second-order valence-corrected chi connectivity index (χ2v) is 13.5. The van der Waals surface area contributed by atoms with E-state index in [4.69, 9.17) is 9.15 Å². The summed E-state index contributed by atoms with van der Waals surface area (Å²) in [6.07, 6.45) is 2.01. The van der Waals surface area contributed by atoms with E-state index >= 15 is 0 Å². The molecule has 1 atom stereocenters. The van der Waals surface area contributed by atoms with Gasteiger partial charge in [0, 0.05) is 78.7 Å². The maximum atomic E-state index is 13.3. The Morgan fingerprint density at radius 1 is 0.862 bits per heavy atom. The number of hydrogen-bond acceptors (Lipinski definition) is 10. The van der Waals surface area contributed by atoms with Crippen LogP contribution in [0.4, 0.5) is 5.69 Å². The molecule has 2 amide bonds. The Balaban J connectivity index is 1.16. The third-order valence-electron chi connectivity index (χ3n) is 9.40. The number of aldehydes is 1. The standard InChI is InChI=1S/C44H37N3O11/c1-24(41-34(5-4-16-48)40(33-15-12-30(49)21-37(33)58-41)32-13-10-27(43(53)54)17-35(32)44(55)56)22-46-42(52)26-8-6-25(7-9-26)23-45-38(50)18-28-19-39(51)57-36-20-29(47(2)3)11-14-31(28)36/h4-17,19-21,41,49H,1,18,22-23H2,2-3H3,(H,45,50)(H,46,52)(H,53,54)(H,55,56)/b5-4-. The van der Waals surface area contributed by atoms with Crippen molar-refractivity contribution in [2.45, 2.75) is 19.1 Å². The predicted octanol–water partition coefficient (Wildman–Crippen LogP) is 5.12. The van der Waals surface area contributed by atoms with Gasteiger partial charge >= 0.3 is 17.6 Å². The minimum Gasteiger partial charge on any atom is -0.508 e. The SMILES string of the molecule is C=C(CNC(=O)c1ccc(CNC(=O)Cc2cc(=O)oc3cc(N(C)C)ccc23)cc1)C1Oc2cc(O)ccc2C(c2ccc(C(=O)O)cc2C(=O)O)=C1/C=C\C=O. The van der Waals surface area contributed by atoms with Crippen molar-refractivity contribution in [1.29, 1.82) is 0 Å². The zero-order valence-corrected chi connectivity index (χ0v) is 31.3. The van der Waals surface area contributed by atoms with E-state index in [1.165, 1.54) is 48.6 Å². The molecule has 294 valence electrons. The molecule has 0 fully saturated rings. The van der Waals surface area contributed by atoms with Gasteiger partial charge in [-0.1, -0.05) is 30.9 Å². The fraction of sp³-hybridized carbons (Fsp3) is 0.136. The lowest BCUT2D eigenvalue weighted by atomic mass is 9.83. The Labute approximate surface area is 331 Å². The number of carboxylic acids is 2. The zero-order valence-electron chi connectivity index (χ0n) is 31.3. The molecule has 58 heavy (non-hydrogen) atoms. The highest BCUT2D eigenvalue weighted by Crippen LogP contribution is 2.44. The average molecular weight is 784 g/mol. The van der Waals surface area contributed by atoms with Crippen LogP contribution in [0.3, 0.4) is 0 Å². The van der Waals surface area contributed by atoms with Crippen molar-refractivity contribution >= 4 is 52.3 Å².